The van der Waals surface area contributed by atoms with Crippen LogP contribution in [0, 0.1) is 0 Å². The second kappa shape index (κ2) is 6.21. The first kappa shape index (κ1) is 14.1. The Balaban J connectivity index is 2.42. The molecule has 0 aliphatic heterocycles. The molecule has 0 bridgehead atoms. The quantitative estimate of drug-likeness (QED) is 0.859. The van der Waals surface area contributed by atoms with Crippen LogP contribution in [0.5, 0.6) is 0 Å². The van der Waals surface area contributed by atoms with Gasteiger partial charge >= 0.3 is 0 Å². The van der Waals surface area contributed by atoms with Crippen molar-refractivity contribution in [2.75, 3.05) is 12.4 Å². The Morgan fingerprint density at radius 1 is 1.53 bits per heavy atom. The minimum atomic E-state index is -0.0747. The lowest BCUT2D eigenvalue weighted by molar-refractivity contribution is -0.121. The van der Waals surface area contributed by atoms with Crippen LogP contribution < -0.4 is 5.32 Å². The van der Waals surface area contributed by atoms with E-state index >= 15 is 0 Å². The fourth-order valence-corrected chi connectivity index (χ4v) is 2.19. The van der Waals surface area contributed by atoms with Gasteiger partial charge in [0.1, 0.15) is 17.9 Å². The summed E-state index contributed by atoms with van der Waals surface area (Å²) in [5, 5.41) is 3.28. The van der Waals surface area contributed by atoms with Crippen LogP contribution in [0.2, 0.25) is 5.02 Å². The number of alkyl halides is 1. The molecular weight excluding hydrogens is 287 g/mol. The minimum absolute atomic E-state index is 0.0747. The molecule has 1 N–H and O–H groups in total. The largest absolute Gasteiger partial charge is 0.355 e. The summed E-state index contributed by atoms with van der Waals surface area (Å²) < 4.78 is 1.78. The second-order valence-electron chi connectivity index (χ2n) is 4.00. The summed E-state index contributed by atoms with van der Waals surface area (Å²) in [5.41, 5.74) is 1.33. The summed E-state index contributed by atoms with van der Waals surface area (Å²) in [7, 11) is 0. The number of nitrogens with one attached hydrogen (secondary N) is 1. The monoisotopic (exact) mass is 300 g/mol. The predicted molar refractivity (Wildman–Crippen MR) is 75.6 cm³/mol. The molecule has 0 spiro atoms. The first-order valence-corrected chi connectivity index (χ1v) is 6.90. The summed E-state index contributed by atoms with van der Waals surface area (Å²) in [5.74, 6) is 1.10. The number of carbonyl (C=O) groups is 1. The van der Waals surface area contributed by atoms with Crippen LogP contribution in [0.25, 0.3) is 11.2 Å². The molecule has 0 unspecified atom stereocenters. The zero-order valence-corrected chi connectivity index (χ0v) is 12.0. The van der Waals surface area contributed by atoms with Gasteiger partial charge in [0.25, 0.3) is 0 Å². The number of carbonyl (C=O) groups excluding carboxylic acids is 1. The molecule has 1 amide bonds. The number of fused-ring (bicyclic) bond motifs is 1. The summed E-state index contributed by atoms with van der Waals surface area (Å²) in [4.78, 5) is 20.4. The molecule has 0 saturated carbocycles. The van der Waals surface area contributed by atoms with E-state index in [1.54, 1.807) is 16.8 Å². The fraction of sp³-hybridized carbons (Fsp3) is 0.417. The van der Waals surface area contributed by atoms with Crippen molar-refractivity contribution < 1.29 is 4.79 Å². The highest BCUT2D eigenvalue weighted by Crippen LogP contribution is 2.18. The van der Waals surface area contributed by atoms with E-state index < -0.39 is 0 Å². The van der Waals surface area contributed by atoms with Crippen molar-refractivity contribution in [2.45, 2.75) is 19.9 Å². The van der Waals surface area contributed by atoms with Gasteiger partial charge in [-0.25, -0.2) is 9.97 Å². The maximum atomic E-state index is 11.7. The van der Waals surface area contributed by atoms with E-state index in [1.165, 1.54) is 0 Å². The third-order valence-corrected chi connectivity index (χ3v) is 3.02. The average Bonchev–Trinajstić information content (AvgIpc) is 2.67. The van der Waals surface area contributed by atoms with E-state index in [9.17, 15) is 4.79 Å². The Morgan fingerprint density at radius 2 is 2.32 bits per heavy atom. The molecule has 2 heterocycles. The Morgan fingerprint density at radius 3 is 3.00 bits per heavy atom. The highest BCUT2D eigenvalue weighted by molar-refractivity contribution is 6.31. The third-order valence-electron chi connectivity index (χ3n) is 2.62. The highest BCUT2D eigenvalue weighted by atomic mass is 35.5. The van der Waals surface area contributed by atoms with Gasteiger partial charge in [-0.2, -0.15) is 0 Å². The van der Waals surface area contributed by atoms with E-state index in [1.807, 2.05) is 6.92 Å². The Bertz CT molecular complexity index is 597. The molecular formula is C12H14Cl2N4O. The smallest absolute Gasteiger partial charge is 0.240 e. The molecule has 19 heavy (non-hydrogen) atoms. The summed E-state index contributed by atoms with van der Waals surface area (Å²) in [6, 6.07) is 1.73. The number of likely N-dealkylation sites (N-methyl/N-ethyl adjacent to an activating group) is 1. The number of amides is 1. The van der Waals surface area contributed by atoms with Gasteiger partial charge in [0, 0.05) is 25.0 Å². The summed E-state index contributed by atoms with van der Waals surface area (Å²) >= 11 is 11.7. The maximum absolute atomic E-state index is 11.7. The highest BCUT2D eigenvalue weighted by Gasteiger charge is 2.14. The lowest BCUT2D eigenvalue weighted by Crippen LogP contribution is -2.28. The number of imidazole rings is 1. The van der Waals surface area contributed by atoms with Gasteiger partial charge in [-0.3, -0.25) is 4.79 Å². The molecule has 0 aromatic carbocycles. The molecule has 0 aliphatic rings. The van der Waals surface area contributed by atoms with E-state index in [0.717, 1.165) is 5.82 Å². The molecule has 0 radical (unpaired) electrons. The zero-order chi connectivity index (χ0) is 13.8. The van der Waals surface area contributed by atoms with Crippen molar-refractivity contribution in [3.8, 4) is 0 Å². The van der Waals surface area contributed by atoms with Crippen LogP contribution >= 0.6 is 23.2 Å². The summed E-state index contributed by atoms with van der Waals surface area (Å²) in [6.07, 6.45) is 2.12. The maximum Gasteiger partial charge on any atom is 0.240 e. The Labute approximate surface area is 120 Å². The molecule has 7 heteroatoms. The lowest BCUT2D eigenvalue weighted by atomic mass is 10.4. The van der Waals surface area contributed by atoms with Gasteiger partial charge in [0.05, 0.1) is 5.02 Å². The third kappa shape index (κ3) is 3.16. The van der Waals surface area contributed by atoms with Crippen molar-refractivity contribution >= 4 is 40.3 Å². The van der Waals surface area contributed by atoms with Crippen molar-refractivity contribution in [1.29, 1.82) is 0 Å². The van der Waals surface area contributed by atoms with Crippen LogP contribution in [-0.4, -0.2) is 32.9 Å². The average molecular weight is 301 g/mol. The number of pyridine rings is 1. The molecule has 2 aromatic heterocycles. The molecule has 2 aromatic rings. The second-order valence-corrected chi connectivity index (χ2v) is 4.82. The predicted octanol–water partition coefficient (Wildman–Crippen LogP) is 2.00. The topological polar surface area (TPSA) is 59.8 Å². The molecule has 0 aliphatic carbocycles. The first-order valence-electron chi connectivity index (χ1n) is 5.99. The molecule has 2 rings (SSSR count). The number of aryl methyl sites for hydroxylation is 1. The van der Waals surface area contributed by atoms with Gasteiger partial charge in [0.2, 0.25) is 5.91 Å². The number of nitrogens with zero attached hydrogens (tertiary/aromatic N) is 3. The van der Waals surface area contributed by atoms with E-state index in [0.29, 0.717) is 35.0 Å². The van der Waals surface area contributed by atoms with Crippen LogP contribution in [-0.2, 0) is 17.8 Å². The van der Waals surface area contributed by atoms with Crippen molar-refractivity contribution in [3.63, 3.8) is 0 Å². The molecule has 5 nitrogen and oxygen atoms in total. The number of aromatic nitrogens is 3. The SMILES string of the molecule is CCNC(=O)Cn1c(CCCl)nc2cc(Cl)cnc21. The molecule has 0 saturated heterocycles. The lowest BCUT2D eigenvalue weighted by Gasteiger charge is -2.07. The van der Waals surface area contributed by atoms with Gasteiger partial charge in [-0.1, -0.05) is 11.6 Å². The molecule has 0 fully saturated rings. The number of halogens is 2. The van der Waals surface area contributed by atoms with Gasteiger partial charge in [0.15, 0.2) is 5.65 Å². The first-order chi connectivity index (χ1) is 9.15. The van der Waals surface area contributed by atoms with Crippen molar-refractivity contribution in [3.05, 3.63) is 23.1 Å². The Kier molecular flexibility index (Phi) is 4.61. The fourth-order valence-electron chi connectivity index (χ4n) is 1.87. The minimum Gasteiger partial charge on any atom is -0.355 e. The van der Waals surface area contributed by atoms with Crippen molar-refractivity contribution in [1.82, 2.24) is 19.9 Å². The van der Waals surface area contributed by atoms with E-state index in [-0.39, 0.29) is 12.5 Å². The van der Waals surface area contributed by atoms with Crippen LogP contribution in [0.4, 0.5) is 0 Å². The van der Waals surface area contributed by atoms with Crippen molar-refractivity contribution in [2.24, 2.45) is 0 Å². The van der Waals surface area contributed by atoms with Crippen LogP contribution in [0.3, 0.4) is 0 Å². The van der Waals surface area contributed by atoms with Crippen LogP contribution in [0.1, 0.15) is 12.7 Å². The van der Waals surface area contributed by atoms with Gasteiger partial charge in [-0.05, 0) is 13.0 Å². The molecule has 102 valence electrons. The van der Waals surface area contributed by atoms with E-state index in [4.69, 9.17) is 23.2 Å². The number of hydrogen-bond acceptors (Lipinski definition) is 3. The van der Waals surface area contributed by atoms with Gasteiger partial charge < -0.3 is 9.88 Å². The number of hydrogen-bond donors (Lipinski definition) is 1. The van der Waals surface area contributed by atoms with Gasteiger partial charge in [-0.15, -0.1) is 11.6 Å². The normalized spacial score (nSPS) is 10.9. The van der Waals surface area contributed by atoms with Crippen LogP contribution in [0.15, 0.2) is 12.3 Å². The molecule has 0 atom stereocenters. The zero-order valence-electron chi connectivity index (χ0n) is 10.5. The van der Waals surface area contributed by atoms with E-state index in [2.05, 4.69) is 15.3 Å². The summed E-state index contributed by atoms with van der Waals surface area (Å²) in [6.45, 7) is 2.66. The standard InChI is InChI=1S/C12H14Cl2N4O/c1-2-15-11(19)7-18-10(3-4-13)17-9-5-8(14)6-16-12(9)18/h5-6H,2-4,7H2,1H3,(H,15,19). The number of rotatable bonds is 5. The Hall–Kier alpha value is -1.33.